The van der Waals surface area contributed by atoms with Gasteiger partial charge in [0.05, 0.1) is 25.0 Å². The Labute approximate surface area is 208 Å². The van der Waals surface area contributed by atoms with Gasteiger partial charge in [-0.25, -0.2) is 4.98 Å². The molecule has 178 valence electrons. The summed E-state index contributed by atoms with van der Waals surface area (Å²) in [6, 6.07) is 17.7. The van der Waals surface area contributed by atoms with Gasteiger partial charge in [0.25, 0.3) is 0 Å². The van der Waals surface area contributed by atoms with Gasteiger partial charge in [0.15, 0.2) is 4.34 Å². The summed E-state index contributed by atoms with van der Waals surface area (Å²) in [5.41, 5.74) is 2.75. The van der Waals surface area contributed by atoms with Crippen LogP contribution in [0.25, 0.3) is 0 Å². The first-order valence-electron chi connectivity index (χ1n) is 11.1. The van der Waals surface area contributed by atoms with Crippen LogP contribution in [-0.2, 0) is 22.6 Å². The highest BCUT2D eigenvalue weighted by atomic mass is 32.2. The Hall–Kier alpha value is -2.88. The molecule has 1 aromatic heterocycles. The number of methoxy groups -OCH3 is 1. The van der Waals surface area contributed by atoms with Gasteiger partial charge < -0.3 is 15.0 Å². The third kappa shape index (κ3) is 7.06. The molecule has 1 aliphatic heterocycles. The Morgan fingerprint density at radius 2 is 1.88 bits per heavy atom. The third-order valence-electron chi connectivity index (χ3n) is 5.52. The van der Waals surface area contributed by atoms with Gasteiger partial charge in [0.2, 0.25) is 11.8 Å². The van der Waals surface area contributed by atoms with Crippen LogP contribution in [-0.4, -0.2) is 65.6 Å². The quantitative estimate of drug-likeness (QED) is 0.455. The van der Waals surface area contributed by atoms with Crippen molar-refractivity contribution >= 4 is 40.6 Å². The zero-order valence-electron chi connectivity index (χ0n) is 19.1. The smallest absolute Gasteiger partial charge is 0.234 e. The van der Waals surface area contributed by atoms with E-state index in [4.69, 9.17) is 4.74 Å². The summed E-state index contributed by atoms with van der Waals surface area (Å²) in [4.78, 5) is 33.9. The fourth-order valence-corrected chi connectivity index (χ4v) is 5.37. The summed E-state index contributed by atoms with van der Waals surface area (Å²) < 4.78 is 5.96. The molecular formula is C25H28N4O3S2. The molecule has 0 atom stereocenters. The molecule has 34 heavy (non-hydrogen) atoms. The van der Waals surface area contributed by atoms with Crippen LogP contribution in [0.15, 0.2) is 64.3 Å². The highest BCUT2D eigenvalue weighted by Crippen LogP contribution is 2.24. The zero-order valence-corrected chi connectivity index (χ0v) is 20.7. The minimum absolute atomic E-state index is 0.108. The Morgan fingerprint density at radius 3 is 2.65 bits per heavy atom. The number of nitrogens with one attached hydrogen (secondary N) is 1. The lowest BCUT2D eigenvalue weighted by Gasteiger charge is -2.34. The van der Waals surface area contributed by atoms with Crippen molar-refractivity contribution in [3.05, 3.63) is 71.2 Å². The predicted molar refractivity (Wildman–Crippen MR) is 136 cm³/mol. The first-order valence-corrected chi connectivity index (χ1v) is 13.0. The summed E-state index contributed by atoms with van der Waals surface area (Å²) in [6.07, 6.45) is 0.297. The van der Waals surface area contributed by atoms with E-state index in [0.717, 1.165) is 42.8 Å². The van der Waals surface area contributed by atoms with Gasteiger partial charge in [-0.1, -0.05) is 48.2 Å². The van der Waals surface area contributed by atoms with Gasteiger partial charge in [-0.2, -0.15) is 0 Å². The van der Waals surface area contributed by atoms with Gasteiger partial charge >= 0.3 is 0 Å². The molecular weight excluding hydrogens is 468 g/mol. The molecule has 1 saturated heterocycles. The molecule has 4 rings (SSSR count). The molecule has 2 amide bonds. The standard InChI is InChI=1S/C25H28N4O3S2/c1-32-22-9-5-8-20(14-22)26-23(30)18-34-25-27-21(17-33-25)15-24(31)29-12-10-28(11-13-29)16-19-6-3-2-4-7-19/h2-9,14,17H,10-13,15-16,18H2,1H3,(H,26,30). The van der Waals surface area contributed by atoms with Crippen LogP contribution in [0.5, 0.6) is 5.75 Å². The van der Waals surface area contributed by atoms with Crippen LogP contribution in [0.1, 0.15) is 11.3 Å². The van der Waals surface area contributed by atoms with Gasteiger partial charge in [-0.05, 0) is 17.7 Å². The van der Waals surface area contributed by atoms with E-state index in [2.05, 4.69) is 39.5 Å². The molecule has 2 heterocycles. The van der Waals surface area contributed by atoms with Crippen LogP contribution in [0.2, 0.25) is 0 Å². The highest BCUT2D eigenvalue weighted by Gasteiger charge is 2.22. The lowest BCUT2D eigenvalue weighted by Crippen LogP contribution is -2.48. The van der Waals surface area contributed by atoms with Crippen molar-refractivity contribution in [2.24, 2.45) is 0 Å². The van der Waals surface area contributed by atoms with E-state index >= 15 is 0 Å². The van der Waals surface area contributed by atoms with Gasteiger partial charge in [-0.3, -0.25) is 14.5 Å². The number of thiazole rings is 1. The number of hydrogen-bond acceptors (Lipinski definition) is 7. The number of carbonyl (C=O) groups is 2. The molecule has 2 aromatic carbocycles. The number of ether oxygens (including phenoxy) is 1. The summed E-state index contributed by atoms with van der Waals surface area (Å²) in [7, 11) is 1.59. The van der Waals surface area contributed by atoms with Crippen molar-refractivity contribution in [3.63, 3.8) is 0 Å². The minimum atomic E-state index is -0.112. The minimum Gasteiger partial charge on any atom is -0.497 e. The number of aromatic nitrogens is 1. The maximum Gasteiger partial charge on any atom is 0.234 e. The summed E-state index contributed by atoms with van der Waals surface area (Å²) in [5, 5.41) is 4.77. The summed E-state index contributed by atoms with van der Waals surface area (Å²) in [5.74, 6) is 0.940. The van der Waals surface area contributed by atoms with E-state index in [1.807, 2.05) is 34.5 Å². The largest absolute Gasteiger partial charge is 0.497 e. The van der Waals surface area contributed by atoms with Crippen LogP contribution in [0, 0.1) is 0 Å². The number of carbonyl (C=O) groups excluding carboxylic acids is 2. The Kier molecular flexibility index (Phi) is 8.56. The topological polar surface area (TPSA) is 74.8 Å². The molecule has 0 saturated carbocycles. The predicted octanol–water partition coefficient (Wildman–Crippen LogP) is 3.77. The van der Waals surface area contributed by atoms with Crippen molar-refractivity contribution in [2.75, 3.05) is 44.4 Å². The molecule has 7 nitrogen and oxygen atoms in total. The third-order valence-corrected chi connectivity index (χ3v) is 7.59. The zero-order chi connectivity index (χ0) is 23.8. The second-order valence-electron chi connectivity index (χ2n) is 7.99. The lowest BCUT2D eigenvalue weighted by molar-refractivity contribution is -0.132. The van der Waals surface area contributed by atoms with Crippen molar-refractivity contribution in [1.29, 1.82) is 0 Å². The van der Waals surface area contributed by atoms with Crippen LogP contribution in [0.4, 0.5) is 5.69 Å². The van der Waals surface area contributed by atoms with E-state index in [0.29, 0.717) is 17.9 Å². The Bertz CT molecular complexity index is 1100. The first kappa shape index (κ1) is 24.3. The van der Waals surface area contributed by atoms with E-state index in [-0.39, 0.29) is 17.6 Å². The number of thioether (sulfide) groups is 1. The molecule has 1 aliphatic rings. The summed E-state index contributed by atoms with van der Waals surface area (Å²) in [6.45, 7) is 4.15. The van der Waals surface area contributed by atoms with Crippen molar-refractivity contribution in [1.82, 2.24) is 14.8 Å². The maximum atomic E-state index is 12.8. The fourth-order valence-electron chi connectivity index (χ4n) is 3.72. The molecule has 0 radical (unpaired) electrons. The Balaban J connectivity index is 1.19. The van der Waals surface area contributed by atoms with Gasteiger partial charge in [0, 0.05) is 49.9 Å². The molecule has 3 aromatic rings. The molecule has 0 unspecified atom stereocenters. The van der Waals surface area contributed by atoms with Crippen LogP contribution in [0.3, 0.4) is 0 Å². The second-order valence-corrected chi connectivity index (χ2v) is 10.1. The van der Waals surface area contributed by atoms with Gasteiger partial charge in [0.1, 0.15) is 5.75 Å². The fraction of sp³-hybridized carbons (Fsp3) is 0.320. The average molecular weight is 497 g/mol. The Morgan fingerprint density at radius 1 is 1.09 bits per heavy atom. The van der Waals surface area contributed by atoms with E-state index < -0.39 is 0 Å². The lowest BCUT2D eigenvalue weighted by atomic mass is 10.2. The number of benzene rings is 2. The van der Waals surface area contributed by atoms with E-state index in [1.54, 1.807) is 13.2 Å². The normalized spacial score (nSPS) is 14.1. The van der Waals surface area contributed by atoms with Crippen molar-refractivity contribution in [3.8, 4) is 5.75 Å². The average Bonchev–Trinajstić information content (AvgIpc) is 3.31. The number of piperazine rings is 1. The van der Waals surface area contributed by atoms with E-state index in [1.165, 1.54) is 28.7 Å². The number of rotatable bonds is 9. The van der Waals surface area contributed by atoms with Gasteiger partial charge in [-0.15, -0.1) is 11.3 Å². The monoisotopic (exact) mass is 496 g/mol. The van der Waals surface area contributed by atoms with Crippen molar-refractivity contribution in [2.45, 2.75) is 17.3 Å². The molecule has 1 fully saturated rings. The van der Waals surface area contributed by atoms with Crippen LogP contribution < -0.4 is 10.1 Å². The highest BCUT2D eigenvalue weighted by molar-refractivity contribution is 8.01. The van der Waals surface area contributed by atoms with Crippen molar-refractivity contribution < 1.29 is 14.3 Å². The number of nitrogens with zero attached hydrogens (tertiary/aromatic N) is 3. The number of anilines is 1. The molecule has 1 N–H and O–H groups in total. The SMILES string of the molecule is COc1cccc(NC(=O)CSc2nc(CC(=O)N3CCN(Cc4ccccc4)CC3)cs2)c1. The summed E-state index contributed by atoms with van der Waals surface area (Å²) >= 11 is 2.84. The second kappa shape index (κ2) is 12.0. The van der Waals surface area contributed by atoms with E-state index in [9.17, 15) is 9.59 Å². The molecule has 9 heteroatoms. The maximum absolute atomic E-state index is 12.8. The van der Waals surface area contributed by atoms with Crippen LogP contribution >= 0.6 is 23.1 Å². The molecule has 0 spiro atoms. The molecule has 0 aliphatic carbocycles. The number of hydrogen-bond donors (Lipinski definition) is 1. The first-order chi connectivity index (χ1) is 16.6. The molecule has 0 bridgehead atoms. The number of amides is 2.